The highest BCUT2D eigenvalue weighted by Gasteiger charge is 2.50. The molecule has 0 radical (unpaired) electrons. The predicted molar refractivity (Wildman–Crippen MR) is 151 cm³/mol. The van der Waals surface area contributed by atoms with Crippen LogP contribution < -0.4 is 5.32 Å². The Hall–Kier alpha value is -3.19. The molecule has 5 rings (SSSR count). The number of hydrogen-bond donors (Lipinski definition) is 1. The third kappa shape index (κ3) is 6.52. The number of amides is 2. The van der Waals surface area contributed by atoms with E-state index >= 15 is 0 Å². The average molecular weight is 535 g/mol. The predicted octanol–water partition coefficient (Wildman–Crippen LogP) is 5.64. The van der Waals surface area contributed by atoms with Crippen molar-refractivity contribution in [2.75, 3.05) is 20.3 Å². The normalized spacial score (nSPS) is 25.3. The molecule has 3 heterocycles. The number of fused-ring (bicyclic) bond motifs is 13. The largest absolute Gasteiger partial charge is 0.450 e. The number of hydrogen-bond acceptors (Lipinski definition) is 5. The summed E-state index contributed by atoms with van der Waals surface area (Å²) in [5.41, 5.74) is 3.18. The quantitative estimate of drug-likeness (QED) is 0.504. The van der Waals surface area contributed by atoms with Gasteiger partial charge < -0.3 is 24.5 Å². The summed E-state index contributed by atoms with van der Waals surface area (Å²) in [6, 6.07) is 15.3. The van der Waals surface area contributed by atoms with Gasteiger partial charge in [0.2, 0.25) is 5.91 Å². The molecule has 2 amide bonds. The zero-order valence-corrected chi connectivity index (χ0v) is 23.7. The summed E-state index contributed by atoms with van der Waals surface area (Å²) in [7, 11) is 1.62. The molecule has 2 aromatic rings. The molecule has 7 heteroatoms. The minimum absolute atomic E-state index is 0.213. The molecule has 3 aliphatic heterocycles. The number of nitrogens with one attached hydrogen (secondary N) is 1. The van der Waals surface area contributed by atoms with E-state index < -0.39 is 29.2 Å². The fraction of sp³-hybridized carbons (Fsp3) is 0.531. The Labute approximate surface area is 232 Å². The van der Waals surface area contributed by atoms with Crippen LogP contribution in [-0.2, 0) is 31.1 Å². The molecule has 4 bridgehead atoms. The standard InChI is InChI=1S/C32H42N2O5/c1-31(2,3)28-29(36)34-22-32(38-4,20-26(34)21-35)25-17-15-24(16-18-25)27-14-10-9-13-23(27)12-8-6-5-7-11-19-39-30(37)33-28/h9-10,13-18,21,26,28H,5-8,11-12,19-20,22H2,1-4H3,(H,33,37)/t26-,28+,32-/m0/s1. The van der Waals surface area contributed by atoms with Crippen LogP contribution in [0, 0.1) is 5.41 Å². The van der Waals surface area contributed by atoms with Gasteiger partial charge in [0.1, 0.15) is 17.9 Å². The molecule has 0 unspecified atom stereocenters. The molecule has 1 saturated heterocycles. The van der Waals surface area contributed by atoms with Crippen LogP contribution in [0.4, 0.5) is 4.79 Å². The lowest BCUT2D eigenvalue weighted by Crippen LogP contribution is -2.56. The molecule has 0 spiro atoms. The number of aldehydes is 1. The van der Waals surface area contributed by atoms with Gasteiger partial charge in [-0.3, -0.25) is 4.79 Å². The van der Waals surface area contributed by atoms with Crippen molar-refractivity contribution in [1.82, 2.24) is 10.2 Å². The maximum atomic E-state index is 13.9. The summed E-state index contributed by atoms with van der Waals surface area (Å²) >= 11 is 0. The van der Waals surface area contributed by atoms with Crippen LogP contribution >= 0.6 is 0 Å². The number of rotatable bonds is 2. The molecule has 1 N–H and O–H groups in total. The zero-order chi connectivity index (χ0) is 28.0. The Kier molecular flexibility index (Phi) is 9.11. The third-order valence-corrected chi connectivity index (χ3v) is 8.13. The molecule has 39 heavy (non-hydrogen) atoms. The molecule has 2 aromatic carbocycles. The fourth-order valence-electron chi connectivity index (χ4n) is 5.80. The van der Waals surface area contributed by atoms with E-state index in [4.69, 9.17) is 9.47 Å². The van der Waals surface area contributed by atoms with Crippen molar-refractivity contribution in [1.29, 1.82) is 0 Å². The summed E-state index contributed by atoms with van der Waals surface area (Å²) in [6.07, 6.45) is 6.59. The second-order valence-corrected chi connectivity index (χ2v) is 11.9. The fourth-order valence-corrected chi connectivity index (χ4v) is 5.80. The first-order chi connectivity index (χ1) is 18.7. The molecular formula is C32H42N2O5. The van der Waals surface area contributed by atoms with Gasteiger partial charge in [0.25, 0.3) is 0 Å². The number of aryl methyl sites for hydroxylation is 1. The van der Waals surface area contributed by atoms with Gasteiger partial charge in [-0.05, 0) is 46.9 Å². The monoisotopic (exact) mass is 534 g/mol. The SMILES string of the molecule is CO[C@@]12C[C@@H](C=O)N(C1)C(=O)[C@H](C(C)(C)C)NC(=O)OCCCCCCCc1ccccc1-c1ccc2cc1. The van der Waals surface area contributed by atoms with Crippen LogP contribution in [-0.4, -0.2) is 55.5 Å². The number of carbonyl (C=O) groups excluding carboxylic acids is 3. The molecule has 0 saturated carbocycles. The van der Waals surface area contributed by atoms with Gasteiger partial charge in [0.05, 0.1) is 19.2 Å². The lowest BCUT2D eigenvalue weighted by atomic mass is 9.85. The maximum absolute atomic E-state index is 13.9. The number of alkyl carbamates (subject to hydrolysis) is 1. The van der Waals surface area contributed by atoms with Gasteiger partial charge in [0.15, 0.2) is 0 Å². The van der Waals surface area contributed by atoms with Crippen molar-refractivity contribution in [3.63, 3.8) is 0 Å². The smallest absolute Gasteiger partial charge is 0.407 e. The van der Waals surface area contributed by atoms with Crippen molar-refractivity contribution in [3.8, 4) is 11.1 Å². The summed E-state index contributed by atoms with van der Waals surface area (Å²) in [4.78, 5) is 40.3. The molecular weight excluding hydrogens is 492 g/mol. The molecule has 0 aromatic heterocycles. The van der Waals surface area contributed by atoms with Gasteiger partial charge in [0, 0.05) is 13.5 Å². The minimum atomic E-state index is -0.854. The lowest BCUT2D eigenvalue weighted by Gasteiger charge is -2.35. The van der Waals surface area contributed by atoms with Gasteiger partial charge in [-0.15, -0.1) is 0 Å². The van der Waals surface area contributed by atoms with Crippen LogP contribution in [0.15, 0.2) is 48.5 Å². The van der Waals surface area contributed by atoms with Crippen molar-refractivity contribution < 1.29 is 23.9 Å². The Morgan fingerprint density at radius 1 is 1.00 bits per heavy atom. The van der Waals surface area contributed by atoms with E-state index in [9.17, 15) is 14.4 Å². The second-order valence-electron chi connectivity index (χ2n) is 11.9. The highest BCUT2D eigenvalue weighted by molar-refractivity contribution is 5.89. The Bertz CT molecular complexity index is 1160. The van der Waals surface area contributed by atoms with Gasteiger partial charge in [-0.1, -0.05) is 88.6 Å². The van der Waals surface area contributed by atoms with Crippen LogP contribution in [0.3, 0.4) is 0 Å². The Morgan fingerprint density at radius 2 is 1.69 bits per heavy atom. The number of nitrogens with zero attached hydrogens (tertiary/aromatic N) is 1. The molecule has 3 atom stereocenters. The van der Waals surface area contributed by atoms with E-state index in [2.05, 4.69) is 41.7 Å². The first-order valence-corrected chi connectivity index (χ1v) is 14.1. The van der Waals surface area contributed by atoms with Crippen molar-refractivity contribution in [2.45, 2.75) is 83.4 Å². The van der Waals surface area contributed by atoms with Crippen molar-refractivity contribution >= 4 is 18.3 Å². The topological polar surface area (TPSA) is 84.9 Å². The van der Waals surface area contributed by atoms with Crippen LogP contribution in [0.1, 0.15) is 70.4 Å². The molecule has 3 aliphatic rings. The minimum Gasteiger partial charge on any atom is -0.450 e. The number of ether oxygens (including phenoxy) is 2. The van der Waals surface area contributed by atoms with Crippen LogP contribution in [0.2, 0.25) is 0 Å². The molecule has 7 nitrogen and oxygen atoms in total. The summed E-state index contributed by atoms with van der Waals surface area (Å²) < 4.78 is 11.5. The molecule has 210 valence electrons. The first-order valence-electron chi connectivity index (χ1n) is 14.1. The molecule has 0 aliphatic carbocycles. The first kappa shape index (κ1) is 28.8. The van der Waals surface area contributed by atoms with Crippen molar-refractivity contribution in [2.24, 2.45) is 5.41 Å². The summed E-state index contributed by atoms with van der Waals surface area (Å²) in [6.45, 7) is 6.20. The highest BCUT2D eigenvalue weighted by Crippen LogP contribution is 2.40. The summed E-state index contributed by atoms with van der Waals surface area (Å²) in [5, 5.41) is 2.79. The number of benzene rings is 2. The zero-order valence-electron chi connectivity index (χ0n) is 23.7. The number of carbonyl (C=O) groups is 3. The lowest BCUT2D eigenvalue weighted by molar-refractivity contribution is -0.139. The maximum Gasteiger partial charge on any atom is 0.407 e. The van der Waals surface area contributed by atoms with E-state index in [1.807, 2.05) is 32.9 Å². The van der Waals surface area contributed by atoms with E-state index in [1.165, 1.54) is 11.1 Å². The van der Waals surface area contributed by atoms with E-state index in [-0.39, 0.29) is 12.5 Å². The van der Waals surface area contributed by atoms with Gasteiger partial charge >= 0.3 is 6.09 Å². The van der Waals surface area contributed by atoms with E-state index in [0.29, 0.717) is 13.0 Å². The van der Waals surface area contributed by atoms with E-state index in [1.54, 1.807) is 12.0 Å². The van der Waals surface area contributed by atoms with Gasteiger partial charge in [-0.25, -0.2) is 4.79 Å². The third-order valence-electron chi connectivity index (χ3n) is 8.13. The Morgan fingerprint density at radius 3 is 2.38 bits per heavy atom. The van der Waals surface area contributed by atoms with Crippen molar-refractivity contribution in [3.05, 3.63) is 59.7 Å². The molecule has 1 fully saturated rings. The average Bonchev–Trinajstić information content (AvgIpc) is 3.32. The van der Waals surface area contributed by atoms with E-state index in [0.717, 1.165) is 55.9 Å². The number of methoxy groups -OCH3 is 1. The Balaban J connectivity index is 1.70. The second kappa shape index (κ2) is 12.3. The van der Waals surface area contributed by atoms with Crippen LogP contribution in [0.25, 0.3) is 11.1 Å². The van der Waals surface area contributed by atoms with Gasteiger partial charge in [-0.2, -0.15) is 0 Å². The van der Waals surface area contributed by atoms with Crippen LogP contribution in [0.5, 0.6) is 0 Å². The highest BCUT2D eigenvalue weighted by atomic mass is 16.5. The summed E-state index contributed by atoms with van der Waals surface area (Å²) in [5.74, 6) is -0.313.